The Kier molecular flexibility index (Phi) is 5.21. The van der Waals surface area contributed by atoms with Gasteiger partial charge in [0, 0.05) is 12.0 Å². The Balaban J connectivity index is 1.27. The van der Waals surface area contributed by atoms with Crippen LogP contribution < -0.4 is 20.1 Å². The highest BCUT2D eigenvalue weighted by Crippen LogP contribution is 2.60. The van der Waals surface area contributed by atoms with Gasteiger partial charge in [0.1, 0.15) is 0 Å². The molecule has 0 spiro atoms. The van der Waals surface area contributed by atoms with Gasteiger partial charge in [0.05, 0.1) is 20.8 Å². The van der Waals surface area contributed by atoms with Gasteiger partial charge in [0.2, 0.25) is 11.8 Å². The average Bonchev–Trinajstić information content (AvgIpc) is 2.69. The van der Waals surface area contributed by atoms with Crippen LogP contribution in [0.5, 0.6) is 11.5 Å². The minimum atomic E-state index is -0.210. The summed E-state index contributed by atoms with van der Waals surface area (Å²) >= 11 is 0. The zero-order chi connectivity index (χ0) is 19.7. The van der Waals surface area contributed by atoms with Crippen molar-refractivity contribution < 1.29 is 19.1 Å². The van der Waals surface area contributed by atoms with Gasteiger partial charge in [-0.3, -0.25) is 9.59 Å². The number of nitrogens with one attached hydrogen (secondary N) is 2. The van der Waals surface area contributed by atoms with Crippen molar-refractivity contribution in [1.82, 2.24) is 10.6 Å². The maximum absolute atomic E-state index is 12.9. The van der Waals surface area contributed by atoms with Gasteiger partial charge in [-0.2, -0.15) is 0 Å². The minimum Gasteiger partial charge on any atom is -0.493 e. The summed E-state index contributed by atoms with van der Waals surface area (Å²) in [7, 11) is 3.17. The van der Waals surface area contributed by atoms with E-state index in [1.807, 2.05) is 18.2 Å². The van der Waals surface area contributed by atoms with Crippen molar-refractivity contribution in [3.05, 3.63) is 23.8 Å². The predicted octanol–water partition coefficient (Wildman–Crippen LogP) is 2.65. The summed E-state index contributed by atoms with van der Waals surface area (Å²) in [6.45, 7) is 0.417. The zero-order valence-electron chi connectivity index (χ0n) is 16.8. The first-order valence-electron chi connectivity index (χ1n) is 10.3. The van der Waals surface area contributed by atoms with Crippen molar-refractivity contribution in [2.75, 3.05) is 20.8 Å². The van der Waals surface area contributed by atoms with Crippen LogP contribution in [0.15, 0.2) is 18.2 Å². The first-order chi connectivity index (χ1) is 13.5. The van der Waals surface area contributed by atoms with E-state index >= 15 is 0 Å². The summed E-state index contributed by atoms with van der Waals surface area (Å²) in [5, 5.41) is 5.79. The highest BCUT2D eigenvalue weighted by atomic mass is 16.5. The van der Waals surface area contributed by atoms with Crippen molar-refractivity contribution in [2.45, 2.75) is 45.1 Å². The molecule has 1 aromatic carbocycles. The third-order valence-corrected chi connectivity index (χ3v) is 6.87. The van der Waals surface area contributed by atoms with Crippen LogP contribution in [0.1, 0.15) is 44.1 Å². The van der Waals surface area contributed by atoms with E-state index in [1.165, 1.54) is 19.3 Å². The number of amides is 2. The van der Waals surface area contributed by atoms with E-state index in [0.29, 0.717) is 18.0 Å². The van der Waals surface area contributed by atoms with Gasteiger partial charge in [-0.15, -0.1) is 0 Å². The number of hydrogen-bond acceptors (Lipinski definition) is 4. The Hall–Kier alpha value is -2.24. The maximum Gasteiger partial charge on any atom is 0.239 e. The molecule has 0 heterocycles. The van der Waals surface area contributed by atoms with Crippen molar-refractivity contribution in [2.24, 2.45) is 23.2 Å². The van der Waals surface area contributed by atoms with E-state index < -0.39 is 0 Å². The first kappa shape index (κ1) is 19.1. The van der Waals surface area contributed by atoms with E-state index in [-0.39, 0.29) is 23.8 Å². The summed E-state index contributed by atoms with van der Waals surface area (Å²) in [5.74, 6) is 3.35. The lowest BCUT2D eigenvalue weighted by Gasteiger charge is -2.55. The fourth-order valence-electron chi connectivity index (χ4n) is 5.99. The average molecular weight is 386 g/mol. The van der Waals surface area contributed by atoms with Gasteiger partial charge in [-0.1, -0.05) is 6.07 Å². The smallest absolute Gasteiger partial charge is 0.239 e. The lowest BCUT2D eigenvalue weighted by atomic mass is 9.49. The van der Waals surface area contributed by atoms with E-state index in [0.717, 1.165) is 42.6 Å². The van der Waals surface area contributed by atoms with Crippen LogP contribution in [-0.4, -0.2) is 32.6 Å². The van der Waals surface area contributed by atoms with E-state index in [9.17, 15) is 9.59 Å². The van der Waals surface area contributed by atoms with Crippen molar-refractivity contribution in [3.8, 4) is 11.5 Å². The molecular weight excluding hydrogens is 356 g/mol. The summed E-state index contributed by atoms with van der Waals surface area (Å²) in [5.41, 5.74) is 0.705. The Morgan fingerprint density at radius 2 is 1.57 bits per heavy atom. The molecule has 6 nitrogen and oxygen atoms in total. The number of hydrogen-bond donors (Lipinski definition) is 2. The summed E-state index contributed by atoms with van der Waals surface area (Å²) in [6.07, 6.45) is 6.95. The summed E-state index contributed by atoms with van der Waals surface area (Å²) < 4.78 is 10.5. The SMILES string of the molecule is COc1ccc(CNC(=O)CNC(=O)C23CC4CC(CC(C4)C2)C3)cc1OC. The Bertz CT molecular complexity index is 726. The first-order valence-corrected chi connectivity index (χ1v) is 10.3. The molecule has 28 heavy (non-hydrogen) atoms. The van der Waals surface area contributed by atoms with E-state index in [1.54, 1.807) is 14.2 Å². The van der Waals surface area contributed by atoms with Crippen LogP contribution in [0.4, 0.5) is 0 Å². The van der Waals surface area contributed by atoms with Crippen LogP contribution in [0.25, 0.3) is 0 Å². The monoisotopic (exact) mass is 386 g/mol. The molecule has 2 amide bonds. The Morgan fingerprint density at radius 1 is 0.964 bits per heavy atom. The fourth-order valence-corrected chi connectivity index (χ4v) is 5.99. The number of methoxy groups -OCH3 is 2. The summed E-state index contributed by atoms with van der Waals surface area (Å²) in [6, 6.07) is 5.54. The molecule has 4 aliphatic rings. The second kappa shape index (κ2) is 7.64. The molecule has 0 unspecified atom stereocenters. The van der Waals surface area contributed by atoms with Crippen LogP contribution in [0.2, 0.25) is 0 Å². The topological polar surface area (TPSA) is 76.7 Å². The minimum absolute atomic E-state index is 0.0356. The summed E-state index contributed by atoms with van der Waals surface area (Å²) in [4.78, 5) is 25.2. The van der Waals surface area contributed by atoms with Crippen LogP contribution in [0, 0.1) is 23.2 Å². The molecule has 4 saturated carbocycles. The number of carbonyl (C=O) groups is 2. The van der Waals surface area contributed by atoms with Crippen LogP contribution in [0.3, 0.4) is 0 Å². The molecule has 0 radical (unpaired) electrons. The molecule has 5 rings (SSSR count). The normalized spacial score (nSPS) is 30.0. The van der Waals surface area contributed by atoms with Gasteiger partial charge in [0.25, 0.3) is 0 Å². The molecule has 0 aromatic heterocycles. The van der Waals surface area contributed by atoms with Crippen molar-refractivity contribution >= 4 is 11.8 Å². The zero-order valence-corrected chi connectivity index (χ0v) is 16.8. The molecular formula is C22H30N2O4. The molecule has 6 heteroatoms. The fraction of sp³-hybridized carbons (Fsp3) is 0.636. The lowest BCUT2D eigenvalue weighted by molar-refractivity contribution is -0.147. The van der Waals surface area contributed by atoms with Gasteiger partial charge in [0.15, 0.2) is 11.5 Å². The van der Waals surface area contributed by atoms with Crippen molar-refractivity contribution in [1.29, 1.82) is 0 Å². The third kappa shape index (κ3) is 3.69. The Morgan fingerprint density at radius 3 is 2.14 bits per heavy atom. The second-order valence-electron chi connectivity index (χ2n) is 8.85. The number of ether oxygens (including phenoxy) is 2. The van der Waals surface area contributed by atoms with Gasteiger partial charge in [-0.05, 0) is 74.0 Å². The number of rotatable bonds is 7. The molecule has 2 N–H and O–H groups in total. The third-order valence-electron chi connectivity index (χ3n) is 6.87. The number of benzene rings is 1. The van der Waals surface area contributed by atoms with Crippen LogP contribution >= 0.6 is 0 Å². The predicted molar refractivity (Wildman–Crippen MR) is 105 cm³/mol. The highest BCUT2D eigenvalue weighted by molar-refractivity contribution is 5.88. The van der Waals surface area contributed by atoms with E-state index in [2.05, 4.69) is 10.6 Å². The maximum atomic E-state index is 12.9. The molecule has 4 aliphatic carbocycles. The molecule has 4 bridgehead atoms. The van der Waals surface area contributed by atoms with Gasteiger partial charge < -0.3 is 20.1 Å². The molecule has 0 atom stereocenters. The second-order valence-corrected chi connectivity index (χ2v) is 8.85. The standard InChI is InChI=1S/C22H30N2O4/c1-27-18-4-3-14(8-19(18)28-2)12-23-20(25)13-24-21(26)22-9-15-5-16(10-22)7-17(6-15)11-22/h3-4,8,15-17H,5-7,9-13H2,1-2H3,(H,23,25)(H,24,26). The van der Waals surface area contributed by atoms with E-state index in [4.69, 9.17) is 9.47 Å². The molecule has 0 aliphatic heterocycles. The quantitative estimate of drug-likeness (QED) is 0.755. The molecule has 0 saturated heterocycles. The van der Waals surface area contributed by atoms with Gasteiger partial charge >= 0.3 is 0 Å². The Labute approximate surface area is 166 Å². The molecule has 4 fully saturated rings. The molecule has 1 aromatic rings. The highest BCUT2D eigenvalue weighted by Gasteiger charge is 2.54. The lowest BCUT2D eigenvalue weighted by Crippen LogP contribution is -2.54. The molecule has 152 valence electrons. The number of carbonyl (C=O) groups excluding carboxylic acids is 2. The largest absolute Gasteiger partial charge is 0.493 e. The van der Waals surface area contributed by atoms with Crippen LogP contribution in [-0.2, 0) is 16.1 Å². The van der Waals surface area contributed by atoms with Gasteiger partial charge in [-0.25, -0.2) is 0 Å². The van der Waals surface area contributed by atoms with Crippen molar-refractivity contribution in [3.63, 3.8) is 0 Å².